The van der Waals surface area contributed by atoms with Gasteiger partial charge >= 0.3 is 12.5 Å². The van der Waals surface area contributed by atoms with Crippen LogP contribution in [0.25, 0.3) is 10.9 Å². The van der Waals surface area contributed by atoms with Crippen molar-refractivity contribution in [3.05, 3.63) is 41.6 Å². The molecule has 6 aliphatic rings. The maximum absolute atomic E-state index is 14.8. The van der Waals surface area contributed by atoms with Crippen LogP contribution in [0.4, 0.5) is 18.0 Å². The van der Waals surface area contributed by atoms with Crippen molar-refractivity contribution in [1.29, 1.82) is 0 Å². The largest absolute Gasteiger partial charge is 0.593 e. The number of fused-ring (bicyclic) bond motifs is 5. The number of alkyl halides is 3. The van der Waals surface area contributed by atoms with Gasteiger partial charge in [-0.2, -0.15) is 4.72 Å². The minimum atomic E-state index is -4.89. The van der Waals surface area contributed by atoms with Crippen molar-refractivity contribution in [3.8, 4) is 11.5 Å². The van der Waals surface area contributed by atoms with Gasteiger partial charge in [0.25, 0.3) is 5.91 Å². The van der Waals surface area contributed by atoms with E-state index in [4.69, 9.17) is 9.47 Å². The zero-order chi connectivity index (χ0) is 41.3. The number of nitrogens with one attached hydrogen (secondary N) is 3. The van der Waals surface area contributed by atoms with Crippen LogP contribution >= 0.6 is 0 Å². The molecular formula is C41H50F3N5O8S. The van der Waals surface area contributed by atoms with Gasteiger partial charge in [-0.05, 0) is 96.8 Å². The third-order valence-corrected chi connectivity index (χ3v) is 14.7. The normalized spacial score (nSPS) is 31.1. The molecule has 3 saturated carbocycles. The monoisotopic (exact) mass is 829 g/mol. The number of rotatable bonds is 6. The number of halogens is 3. The first-order chi connectivity index (χ1) is 27.4. The van der Waals surface area contributed by atoms with Gasteiger partial charge in [-0.3, -0.25) is 14.4 Å². The summed E-state index contributed by atoms with van der Waals surface area (Å²) in [6.45, 7) is 5.37. The summed E-state index contributed by atoms with van der Waals surface area (Å²) in [5, 5.41) is 6.24. The maximum Gasteiger partial charge on any atom is 0.573 e. The predicted molar refractivity (Wildman–Crippen MR) is 206 cm³/mol. The number of carbonyl (C=O) groups is 4. The number of hydrogen-bond acceptors (Lipinski definition) is 9. The van der Waals surface area contributed by atoms with E-state index in [0.717, 1.165) is 25.7 Å². The lowest BCUT2D eigenvalue weighted by atomic mass is 9.82. The zero-order valence-electron chi connectivity index (χ0n) is 32.9. The number of allylic oxidation sites excluding steroid dienone is 1. The van der Waals surface area contributed by atoms with Crippen molar-refractivity contribution < 1.29 is 51.1 Å². The van der Waals surface area contributed by atoms with E-state index in [0.29, 0.717) is 79.3 Å². The molecule has 58 heavy (non-hydrogen) atoms. The molecule has 0 bridgehead atoms. The van der Waals surface area contributed by atoms with E-state index in [1.54, 1.807) is 6.92 Å². The van der Waals surface area contributed by atoms with Gasteiger partial charge in [-0.25, -0.2) is 9.78 Å². The van der Waals surface area contributed by atoms with Crippen molar-refractivity contribution in [3.63, 3.8) is 0 Å². The highest BCUT2D eigenvalue weighted by Crippen LogP contribution is 2.49. The van der Waals surface area contributed by atoms with Gasteiger partial charge in [0.05, 0.1) is 29.1 Å². The molecule has 4 amide bonds. The summed E-state index contributed by atoms with van der Waals surface area (Å²) in [7, 11) is 0. The minimum absolute atomic E-state index is 0.0240. The molecule has 1 aromatic carbocycles. The number of alkyl carbamates (subject to hydrolysis) is 1. The quantitative estimate of drug-likeness (QED) is 0.238. The molecule has 314 valence electrons. The summed E-state index contributed by atoms with van der Waals surface area (Å²) in [5.74, 6) is -2.03. The van der Waals surface area contributed by atoms with E-state index in [2.05, 4.69) is 25.1 Å². The van der Waals surface area contributed by atoms with Crippen molar-refractivity contribution in [2.75, 3.05) is 6.54 Å². The summed E-state index contributed by atoms with van der Waals surface area (Å²) in [6.07, 6.45) is 6.22. The summed E-state index contributed by atoms with van der Waals surface area (Å²) in [4.78, 5) is 62.7. The number of ether oxygens (including phenoxy) is 3. The summed E-state index contributed by atoms with van der Waals surface area (Å²) < 4.78 is 71.5. The third-order valence-electron chi connectivity index (χ3n) is 13.0. The number of nitrogens with zero attached hydrogens (tertiary/aromatic N) is 2. The van der Waals surface area contributed by atoms with Gasteiger partial charge in [0, 0.05) is 36.1 Å². The Hall–Kier alpha value is -4.25. The fourth-order valence-corrected chi connectivity index (χ4v) is 9.99. The first-order valence-electron chi connectivity index (χ1n) is 20.3. The van der Waals surface area contributed by atoms with Crippen molar-refractivity contribution >= 4 is 46.1 Å². The van der Waals surface area contributed by atoms with E-state index in [1.807, 2.05) is 26.0 Å². The Kier molecular flexibility index (Phi) is 10.3. The molecule has 17 heteroatoms. The third kappa shape index (κ3) is 8.04. The van der Waals surface area contributed by atoms with Crippen molar-refractivity contribution in [2.45, 2.75) is 151 Å². The number of hydrogen-bond donors (Lipinski definition) is 3. The Morgan fingerprint density at radius 2 is 1.84 bits per heavy atom. The number of aromatic nitrogens is 1. The van der Waals surface area contributed by atoms with E-state index in [9.17, 15) is 36.9 Å². The standard InChI is InChI=1S/C41H50F3N5O8S/c1-24-32-27(28-20-26(55-41(42,43)44)12-13-29(28)45-24)14-17-39(56-32)22-31-33(50)47-40(35(52)48-58(54)38(3)18-19-38)21-25(40)10-7-5-4-6-8-11-30(34(51)49(31)23-39)46-36(53)57-37(2)15-9-16-37/h7,10,12-13,20,25,30-31H,4-6,8-9,11,14-19,21-23H2,1-3H3,(H,46,53)(H,47,50)(H,48,52)/b10-7-/t25-,30+,31+,39-,40-,58?/m1/s1. The molecule has 6 atom stereocenters. The van der Waals surface area contributed by atoms with Gasteiger partial charge in [0.15, 0.2) is 0 Å². The van der Waals surface area contributed by atoms with Crippen LogP contribution < -0.4 is 24.8 Å². The van der Waals surface area contributed by atoms with Gasteiger partial charge in [-0.15, -0.1) is 13.2 Å². The van der Waals surface area contributed by atoms with Gasteiger partial charge in [0.2, 0.25) is 11.8 Å². The van der Waals surface area contributed by atoms with E-state index >= 15 is 0 Å². The lowest BCUT2D eigenvalue weighted by molar-refractivity contribution is -0.274. The number of benzene rings is 1. The fraction of sp³-hybridized carbons (Fsp3) is 0.634. The van der Waals surface area contributed by atoms with Gasteiger partial charge < -0.3 is 34.3 Å². The summed E-state index contributed by atoms with van der Waals surface area (Å²) in [6, 6.07) is 1.79. The first kappa shape index (κ1) is 40.5. The van der Waals surface area contributed by atoms with Crippen LogP contribution in [0, 0.1) is 12.8 Å². The molecule has 8 rings (SSSR count). The number of amides is 4. The molecule has 4 fully saturated rings. The molecule has 3 aliphatic carbocycles. The highest BCUT2D eigenvalue weighted by Gasteiger charge is 2.64. The molecule has 2 aromatic rings. The number of aryl methyl sites for hydroxylation is 2. The van der Waals surface area contributed by atoms with Crippen LogP contribution in [-0.2, 0) is 36.9 Å². The lowest BCUT2D eigenvalue weighted by Crippen LogP contribution is -2.59. The molecule has 3 aliphatic heterocycles. The first-order valence-corrected chi connectivity index (χ1v) is 21.5. The minimum Gasteiger partial charge on any atom is -0.593 e. The number of pyridine rings is 1. The fourth-order valence-electron chi connectivity index (χ4n) is 8.92. The smallest absolute Gasteiger partial charge is 0.573 e. The maximum atomic E-state index is 14.8. The van der Waals surface area contributed by atoms with E-state index < -0.39 is 80.9 Å². The highest BCUT2D eigenvalue weighted by atomic mass is 32.2. The average Bonchev–Trinajstić information content (AvgIpc) is 4.04. The molecule has 1 spiro atoms. The molecule has 1 unspecified atom stereocenters. The molecule has 1 aromatic heterocycles. The molecule has 4 heterocycles. The van der Waals surface area contributed by atoms with Crippen LogP contribution in [0.2, 0.25) is 0 Å². The van der Waals surface area contributed by atoms with Crippen molar-refractivity contribution in [1.82, 2.24) is 25.2 Å². The number of carbonyl (C=O) groups excluding carboxylic acids is 4. The molecule has 13 nitrogen and oxygen atoms in total. The topological polar surface area (TPSA) is 171 Å². The second kappa shape index (κ2) is 14.8. The van der Waals surface area contributed by atoms with E-state index in [-0.39, 0.29) is 25.3 Å². The van der Waals surface area contributed by atoms with Crippen LogP contribution in [-0.4, -0.2) is 84.7 Å². The van der Waals surface area contributed by atoms with Crippen LogP contribution in [0.3, 0.4) is 0 Å². The van der Waals surface area contributed by atoms with E-state index in [1.165, 1.54) is 23.1 Å². The second-order valence-corrected chi connectivity index (χ2v) is 19.3. The summed E-state index contributed by atoms with van der Waals surface area (Å²) in [5.41, 5.74) is -1.54. The summed E-state index contributed by atoms with van der Waals surface area (Å²) >= 11 is -1.66. The van der Waals surface area contributed by atoms with Crippen LogP contribution in [0.15, 0.2) is 30.4 Å². The Morgan fingerprint density at radius 1 is 1.07 bits per heavy atom. The predicted octanol–water partition coefficient (Wildman–Crippen LogP) is 5.87. The lowest BCUT2D eigenvalue weighted by Gasteiger charge is -2.38. The van der Waals surface area contributed by atoms with Gasteiger partial charge in [-0.1, -0.05) is 25.0 Å². The highest BCUT2D eigenvalue weighted by molar-refractivity contribution is 7.91. The Balaban J connectivity index is 1.12. The molecule has 0 radical (unpaired) electrons. The Labute approximate surface area is 337 Å². The Bertz CT molecular complexity index is 2040. The van der Waals surface area contributed by atoms with Crippen LogP contribution in [0.1, 0.15) is 109 Å². The van der Waals surface area contributed by atoms with Crippen LogP contribution in [0.5, 0.6) is 11.5 Å². The Morgan fingerprint density at radius 3 is 2.55 bits per heavy atom. The average molecular weight is 830 g/mol. The second-order valence-electron chi connectivity index (χ2n) is 17.6. The SMILES string of the molecule is Cc1nc2ccc(OC(F)(F)F)cc2c2c1O[C@]1(CC2)C[C@H]2C(=O)N[C@]3(C(=O)N[S+]([O-])C4(C)CC4)C[C@H]3/C=C\CCCCC[C@H](NC(=O)OC3(C)CCC3)C(=O)N2C1. The zero-order valence-corrected chi connectivity index (χ0v) is 33.7. The molecule has 1 saturated heterocycles. The van der Waals surface area contributed by atoms with Crippen molar-refractivity contribution in [2.24, 2.45) is 5.92 Å². The molecule has 3 N–H and O–H groups in total. The van der Waals surface area contributed by atoms with Gasteiger partial charge in [0.1, 0.15) is 45.1 Å². The molecular weight excluding hydrogens is 780 g/mol.